The number of ether oxygens (including phenoxy) is 2. The minimum atomic E-state index is -4.62. The molecule has 2 unspecified atom stereocenters. The molecule has 0 spiro atoms. The van der Waals surface area contributed by atoms with E-state index in [0.29, 0.717) is 42.3 Å². The molecule has 0 saturated heterocycles. The summed E-state index contributed by atoms with van der Waals surface area (Å²) < 4.78 is 105. The molecule has 1 saturated carbocycles. The molecule has 0 radical (unpaired) electrons. The predicted molar refractivity (Wildman–Crippen MR) is 305 cm³/mol. The second kappa shape index (κ2) is 33.9. The Morgan fingerprint density at radius 2 is 1.49 bits per heavy atom. The second-order valence-electron chi connectivity index (χ2n) is 18.2. The summed E-state index contributed by atoms with van der Waals surface area (Å²) in [6.07, 6.45) is 4.18. The fourth-order valence-corrected chi connectivity index (χ4v) is 8.94. The zero-order valence-electron chi connectivity index (χ0n) is 46.4. The molecule has 34 heteroatoms. The van der Waals surface area contributed by atoms with E-state index in [-0.39, 0.29) is 47.1 Å². The average Bonchev–Trinajstić information content (AvgIpc) is 2.07. The number of Topliss-reactive ketones (excluding diaryl/α,β-unsaturated/α-hetero) is 3. The molecule has 464 valence electrons. The van der Waals surface area contributed by atoms with Crippen molar-refractivity contribution >= 4 is 114 Å². The van der Waals surface area contributed by atoms with Crippen LogP contribution < -0.4 is 24.6 Å². The van der Waals surface area contributed by atoms with Gasteiger partial charge in [0.05, 0.1) is 87.1 Å². The maximum absolute atomic E-state index is 12.7. The fourth-order valence-electron chi connectivity index (χ4n) is 7.11. The van der Waals surface area contributed by atoms with Gasteiger partial charge in [0.15, 0.2) is 27.2 Å². The molecular weight excluding hydrogens is 1250 g/mol. The average molecular weight is 1310 g/mol. The van der Waals surface area contributed by atoms with Crippen LogP contribution >= 0.6 is 30.8 Å². The van der Waals surface area contributed by atoms with Crippen LogP contribution in [0.5, 0.6) is 11.5 Å². The van der Waals surface area contributed by atoms with Crippen LogP contribution in [0, 0.1) is 33.1 Å². The van der Waals surface area contributed by atoms with E-state index < -0.39 is 125 Å². The highest BCUT2D eigenvalue weighted by atomic mass is 35.5. The summed E-state index contributed by atoms with van der Waals surface area (Å²) in [6.45, 7) is 6.08. The van der Waals surface area contributed by atoms with E-state index in [9.17, 15) is 88.5 Å². The lowest BCUT2D eigenvalue weighted by Gasteiger charge is -2.31. The van der Waals surface area contributed by atoms with E-state index in [0.717, 1.165) is 72.0 Å². The summed E-state index contributed by atoms with van der Waals surface area (Å²) in [7, 11) is -9.77. The van der Waals surface area contributed by atoms with Gasteiger partial charge in [0, 0.05) is 44.4 Å². The number of hydrogen-bond acceptors (Lipinski definition) is 19. The first kappa shape index (κ1) is 75.6. The zero-order valence-corrected chi connectivity index (χ0v) is 51.2. The number of halogens is 5. The van der Waals surface area contributed by atoms with E-state index in [1.165, 1.54) is 0 Å². The number of anilines is 1. The van der Waals surface area contributed by atoms with Crippen LogP contribution in [0.1, 0.15) is 70.5 Å². The number of alkyl halides is 4. The number of carbonyl (C=O) groups is 6. The summed E-state index contributed by atoms with van der Waals surface area (Å²) in [5.74, 6) is -6.57. The summed E-state index contributed by atoms with van der Waals surface area (Å²) in [4.78, 5) is 110. The number of para-hydroxylation sites is 1. The zero-order chi connectivity index (χ0) is 64.8. The van der Waals surface area contributed by atoms with Crippen molar-refractivity contribution in [1.82, 2.24) is 10.0 Å². The number of carboxylic acid groups (broad SMARTS) is 1. The molecule has 0 aromatic heterocycles. The topological polar surface area (TPSA) is 383 Å². The van der Waals surface area contributed by atoms with Gasteiger partial charge in [0.2, 0.25) is 15.9 Å². The highest BCUT2D eigenvalue weighted by Crippen LogP contribution is 2.38. The number of rotatable bonds is 19. The third kappa shape index (κ3) is 25.8. The van der Waals surface area contributed by atoms with Gasteiger partial charge in [-0.15, -0.1) is 11.6 Å². The summed E-state index contributed by atoms with van der Waals surface area (Å²) >= 11 is 11.5. The minimum Gasteiger partial charge on any atom is -0.778 e. The number of nitrogens with zero attached hydrogens (tertiary/aromatic N) is 3. The number of carbonyl (C=O) groups excluding carboxylic acids is 5. The molecule has 5 rings (SSSR count). The van der Waals surface area contributed by atoms with Crippen LogP contribution in [0.2, 0.25) is 5.02 Å². The number of sulfonamides is 1. The number of nitro groups is 2. The van der Waals surface area contributed by atoms with Gasteiger partial charge in [-0.2, -0.15) is 13.2 Å². The van der Waals surface area contributed by atoms with Crippen LogP contribution in [0.25, 0.3) is 0 Å². The van der Waals surface area contributed by atoms with Crippen molar-refractivity contribution in [3.63, 3.8) is 0 Å². The van der Waals surface area contributed by atoms with Crippen LogP contribution in [0.15, 0.2) is 77.7 Å². The quantitative estimate of drug-likeness (QED) is 0.0144. The van der Waals surface area contributed by atoms with Gasteiger partial charge in [-0.1, -0.05) is 36.7 Å². The molecule has 2 amide bonds. The predicted octanol–water partition coefficient (Wildman–Crippen LogP) is 6.69. The van der Waals surface area contributed by atoms with E-state index in [4.69, 9.17) is 42.7 Å². The van der Waals surface area contributed by atoms with Gasteiger partial charge in [-0.05, 0) is 85.1 Å². The molecule has 1 aliphatic rings. The van der Waals surface area contributed by atoms with Crippen molar-refractivity contribution < 1.29 is 97.6 Å². The molecule has 4 aromatic carbocycles. The molecular formula is C50H61Cl2F3N5O20PS3. The van der Waals surface area contributed by atoms with Crippen molar-refractivity contribution in [3.05, 3.63) is 126 Å². The molecule has 4 aromatic rings. The number of hydrogen-bond donors (Lipinski definition) is 4. The van der Waals surface area contributed by atoms with Crippen molar-refractivity contribution in [1.29, 1.82) is 0 Å². The van der Waals surface area contributed by atoms with E-state index >= 15 is 0 Å². The highest BCUT2D eigenvalue weighted by Gasteiger charge is 2.39. The summed E-state index contributed by atoms with van der Waals surface area (Å²) in [5, 5.41) is 31.8. The van der Waals surface area contributed by atoms with Crippen molar-refractivity contribution in [3.8, 4) is 11.5 Å². The van der Waals surface area contributed by atoms with E-state index in [1.54, 1.807) is 16.7 Å². The maximum Gasteiger partial charge on any atom is 0.416 e. The number of methoxy groups -OCH3 is 1. The number of carboxylic acids is 1. The highest BCUT2D eigenvalue weighted by molar-refractivity contribution is 7.94. The maximum atomic E-state index is 12.7. The Hall–Kier alpha value is -6.41. The smallest absolute Gasteiger partial charge is 0.416 e. The molecule has 84 heavy (non-hydrogen) atoms. The number of ketones is 3. The molecule has 2 atom stereocenters. The Morgan fingerprint density at radius 3 is 1.94 bits per heavy atom. The first-order chi connectivity index (χ1) is 38.6. The van der Waals surface area contributed by atoms with Crippen LogP contribution in [0.3, 0.4) is 0 Å². The van der Waals surface area contributed by atoms with E-state index in [1.807, 2.05) is 31.3 Å². The number of amides is 2. The summed E-state index contributed by atoms with van der Waals surface area (Å²) in [6, 6.07) is 13.9. The molecule has 4 N–H and O–H groups in total. The number of nitrogens with one attached hydrogen (secondary N) is 2. The number of aryl methyl sites for hydroxylation is 2. The number of nitro benzene ring substituents is 2. The van der Waals surface area contributed by atoms with E-state index in [2.05, 4.69) is 31.8 Å². The van der Waals surface area contributed by atoms with Gasteiger partial charge < -0.3 is 33.8 Å². The normalized spacial score (nSPS) is 13.5. The lowest BCUT2D eigenvalue weighted by molar-refractivity contribution is -0.385. The van der Waals surface area contributed by atoms with Gasteiger partial charge in [0.25, 0.3) is 17.3 Å². The Kier molecular flexibility index (Phi) is 30.5. The molecule has 25 nitrogen and oxygen atoms in total. The van der Waals surface area contributed by atoms with Gasteiger partial charge in [-0.3, -0.25) is 54.3 Å². The third-order valence-corrected chi connectivity index (χ3v) is 13.4. The lowest BCUT2D eigenvalue weighted by Crippen LogP contribution is -2.43. The van der Waals surface area contributed by atoms with Crippen LogP contribution in [0.4, 0.5) is 30.2 Å². The molecule has 1 aliphatic carbocycles. The minimum absolute atomic E-state index is 0.0223. The Labute approximate surface area is 494 Å². The van der Waals surface area contributed by atoms with Crippen molar-refractivity contribution in [2.45, 2.75) is 63.6 Å². The number of sulfone groups is 1. The molecule has 0 bridgehead atoms. The van der Waals surface area contributed by atoms with Crippen molar-refractivity contribution in [2.75, 3.05) is 68.6 Å². The van der Waals surface area contributed by atoms with Gasteiger partial charge in [0.1, 0.15) is 36.5 Å². The number of benzene rings is 4. The molecule has 0 heterocycles. The fraction of sp³-hybridized carbons (Fsp3) is 0.400. The second-order valence-corrected chi connectivity index (χ2v) is 26.6. The van der Waals surface area contributed by atoms with Crippen LogP contribution in [-0.4, -0.2) is 142 Å². The third-order valence-electron chi connectivity index (χ3n) is 10.5. The Morgan fingerprint density at radius 1 is 0.917 bits per heavy atom. The lowest BCUT2D eigenvalue weighted by atomic mass is 9.81. The molecule has 1 fully saturated rings. The number of aliphatic carboxylic acids is 1. The van der Waals surface area contributed by atoms with Gasteiger partial charge >= 0.3 is 12.1 Å². The Bertz CT molecular complexity index is 3320. The first-order valence-electron chi connectivity index (χ1n) is 23.9. The van der Waals surface area contributed by atoms with Gasteiger partial charge in [-0.25, -0.2) is 21.6 Å². The SMILES string of the molecule is CCc1cccc(C)c1N(C(=O)CCl)C(C)COC.CS(=O)(=O)NC(=O)c1cc(Oc2ccc(C(F)(F)F)cc2Cl)ccc1[N+](=O)[O-].CS(=O)(=O)c1ccc(C(=O)C2C(=O)CCCC2=O)c([N+](=O)[O-])c1.C[S+](C)C.O=C(O)CNCP(=O)([O-])O. The largest absolute Gasteiger partial charge is 0.778 e. The van der Waals surface area contributed by atoms with Crippen molar-refractivity contribution in [2.24, 2.45) is 5.92 Å². The van der Waals surface area contributed by atoms with Crippen LogP contribution in [-0.2, 0) is 71.8 Å². The molecule has 0 aliphatic heterocycles. The monoisotopic (exact) mass is 1310 g/mol. The Balaban J connectivity index is 0.000000572. The summed E-state index contributed by atoms with van der Waals surface area (Å²) in [5.41, 5.74) is -0.299. The first-order valence-corrected chi connectivity index (χ1v) is 32.9. The standard InChI is InChI=1S/C15H10ClF3N2O6S.C15H22ClNO2.C14H13NO7S.C3H8NO5P.C3H9S/c1-28(25,26)20-14(22)10-7-9(3-4-12(10)21(23)24)27-13-5-2-8(6-11(13)16)15(17,18)19;1-5-13-8-6-7-11(2)15(13)17(14(18)9-16)12(3)10-19-4;1-23(21,22)8-5-6-9(10(7-8)15(19)20)14(18)13-11(16)3-2-4-12(13)17;5-3(6)1-4-2-10(7,8)9;1-4(2)3/h2-7H,1H3,(H,20,22);6-8,12H,5,9-10H2,1-4H3;5-7,13H,2-4H2,1H3;4H,1-2H2,(H,5,6)(H2,7,8,9);1-3H3/q;;;;+1/p-1.